The van der Waals surface area contributed by atoms with Crippen molar-refractivity contribution in [2.45, 2.75) is 39.5 Å². The van der Waals surface area contributed by atoms with Gasteiger partial charge in [-0.15, -0.1) is 0 Å². The summed E-state index contributed by atoms with van der Waals surface area (Å²) in [6.45, 7) is 5.05. The lowest BCUT2D eigenvalue weighted by molar-refractivity contribution is -0.144. The van der Waals surface area contributed by atoms with Gasteiger partial charge < -0.3 is 4.74 Å². The highest BCUT2D eigenvalue weighted by Gasteiger charge is 2.47. The van der Waals surface area contributed by atoms with Gasteiger partial charge in [0.1, 0.15) is 0 Å². The second kappa shape index (κ2) is 5.64. The van der Waals surface area contributed by atoms with Gasteiger partial charge in [-0.2, -0.15) is 0 Å². The van der Waals surface area contributed by atoms with Gasteiger partial charge in [0.05, 0.1) is 18.8 Å². The molecular weight excluding hydrogens is 278 g/mol. The third-order valence-corrected chi connectivity index (χ3v) is 7.17. The number of ether oxygens (including phenoxy) is 1. The van der Waals surface area contributed by atoms with E-state index in [-0.39, 0.29) is 11.2 Å². The molecule has 0 radical (unpaired) electrons. The second-order valence-electron chi connectivity index (χ2n) is 6.44. The van der Waals surface area contributed by atoms with E-state index in [0.717, 1.165) is 19.3 Å². The first-order chi connectivity index (χ1) is 9.31. The quantitative estimate of drug-likeness (QED) is 0.741. The molecule has 0 aromatic heterocycles. The van der Waals surface area contributed by atoms with Crippen LogP contribution in [0.3, 0.4) is 0 Å². The number of piperidine rings is 1. The largest absolute Gasteiger partial charge is 0.469 e. The van der Waals surface area contributed by atoms with E-state index in [4.69, 9.17) is 0 Å². The molecule has 0 amide bonds. The van der Waals surface area contributed by atoms with E-state index in [1.54, 1.807) is 11.2 Å². The molecule has 0 unspecified atom stereocenters. The van der Waals surface area contributed by atoms with E-state index in [9.17, 15) is 13.2 Å². The van der Waals surface area contributed by atoms with Crippen LogP contribution in [-0.4, -0.2) is 44.6 Å². The maximum absolute atomic E-state index is 12.5. The summed E-state index contributed by atoms with van der Waals surface area (Å²) in [5.74, 6) is -0.621. The number of carbonyl (C=O) groups is 1. The smallest absolute Gasteiger partial charge is 0.309 e. The van der Waals surface area contributed by atoms with Crippen molar-refractivity contribution in [1.29, 1.82) is 0 Å². The Balaban J connectivity index is 2.04. The van der Waals surface area contributed by atoms with Gasteiger partial charge >= 0.3 is 5.97 Å². The number of rotatable bonds is 4. The molecule has 0 bridgehead atoms. The van der Waals surface area contributed by atoms with Crippen LogP contribution in [0.2, 0.25) is 0 Å². The Kier molecular flexibility index (Phi) is 4.44. The van der Waals surface area contributed by atoms with Crippen molar-refractivity contribution in [3.63, 3.8) is 0 Å². The summed E-state index contributed by atoms with van der Waals surface area (Å²) < 4.78 is 31.2. The lowest BCUT2D eigenvalue weighted by Gasteiger charge is -2.52. The first-order valence-electron chi connectivity index (χ1n) is 7.36. The zero-order chi connectivity index (χ0) is 15.0. The van der Waals surface area contributed by atoms with Gasteiger partial charge in [0.2, 0.25) is 10.0 Å². The fourth-order valence-corrected chi connectivity index (χ4v) is 5.26. The number of carbonyl (C=O) groups excluding carboxylic acids is 1. The molecule has 5 nitrogen and oxygen atoms in total. The van der Waals surface area contributed by atoms with Crippen molar-refractivity contribution in [2.75, 3.05) is 26.0 Å². The summed E-state index contributed by atoms with van der Waals surface area (Å²) in [5, 5.41) is 0. The van der Waals surface area contributed by atoms with Crippen LogP contribution in [0.15, 0.2) is 0 Å². The summed E-state index contributed by atoms with van der Waals surface area (Å²) in [5.41, 5.74) is 0.194. The molecule has 2 atom stereocenters. The topological polar surface area (TPSA) is 63.7 Å². The van der Waals surface area contributed by atoms with Gasteiger partial charge in [-0.3, -0.25) is 4.79 Å². The van der Waals surface area contributed by atoms with Crippen LogP contribution in [-0.2, 0) is 19.6 Å². The van der Waals surface area contributed by atoms with Gasteiger partial charge in [0.25, 0.3) is 0 Å². The summed E-state index contributed by atoms with van der Waals surface area (Å²) >= 11 is 0. The third-order valence-electron chi connectivity index (χ3n) is 5.16. The van der Waals surface area contributed by atoms with Crippen LogP contribution in [0.1, 0.15) is 39.5 Å². The maximum atomic E-state index is 12.5. The zero-order valence-electron chi connectivity index (χ0n) is 12.6. The number of hydrogen-bond donors (Lipinski definition) is 0. The highest BCUT2D eigenvalue weighted by atomic mass is 32.2. The van der Waals surface area contributed by atoms with E-state index >= 15 is 0 Å². The van der Waals surface area contributed by atoms with Crippen molar-refractivity contribution in [1.82, 2.24) is 4.31 Å². The van der Waals surface area contributed by atoms with E-state index in [2.05, 4.69) is 11.7 Å². The molecule has 2 aliphatic rings. The molecule has 6 heteroatoms. The molecule has 2 fully saturated rings. The van der Waals surface area contributed by atoms with Crippen LogP contribution in [0, 0.1) is 17.3 Å². The Labute approximate surface area is 121 Å². The first-order valence-corrected chi connectivity index (χ1v) is 8.97. The lowest BCUT2D eigenvalue weighted by atomic mass is 9.59. The van der Waals surface area contributed by atoms with Crippen molar-refractivity contribution in [2.24, 2.45) is 17.3 Å². The molecule has 1 aliphatic heterocycles. The van der Waals surface area contributed by atoms with E-state index in [1.807, 2.05) is 0 Å². The molecular formula is C14H25NO4S. The van der Waals surface area contributed by atoms with E-state index < -0.39 is 21.9 Å². The second-order valence-corrected chi connectivity index (χ2v) is 8.46. The maximum Gasteiger partial charge on any atom is 0.309 e. The number of esters is 1. The normalized spacial score (nSPS) is 27.9. The van der Waals surface area contributed by atoms with Gasteiger partial charge in [0.15, 0.2) is 0 Å². The van der Waals surface area contributed by atoms with Crippen molar-refractivity contribution >= 4 is 16.0 Å². The molecule has 0 aromatic carbocycles. The minimum atomic E-state index is -3.38. The minimum absolute atomic E-state index is 0.149. The van der Waals surface area contributed by atoms with Gasteiger partial charge in [-0.25, -0.2) is 12.7 Å². The number of sulfonamides is 1. The van der Waals surface area contributed by atoms with Crippen molar-refractivity contribution < 1.29 is 17.9 Å². The average Bonchev–Trinajstić information content (AvgIpc) is 2.35. The average molecular weight is 303 g/mol. The van der Waals surface area contributed by atoms with E-state index in [0.29, 0.717) is 19.0 Å². The van der Waals surface area contributed by atoms with Crippen LogP contribution in [0.4, 0.5) is 0 Å². The Morgan fingerprint density at radius 1 is 1.45 bits per heavy atom. The molecule has 1 saturated heterocycles. The lowest BCUT2D eigenvalue weighted by Crippen LogP contribution is -2.54. The Morgan fingerprint density at radius 2 is 2.10 bits per heavy atom. The van der Waals surface area contributed by atoms with Gasteiger partial charge in [-0.1, -0.05) is 20.3 Å². The zero-order valence-corrected chi connectivity index (χ0v) is 13.4. The minimum Gasteiger partial charge on any atom is -0.469 e. The molecule has 1 heterocycles. The van der Waals surface area contributed by atoms with Crippen LogP contribution in [0.5, 0.6) is 0 Å². The molecule has 2 rings (SSSR count). The fraction of sp³-hybridized carbons (Fsp3) is 0.929. The Hall–Kier alpha value is -0.620. The third kappa shape index (κ3) is 2.86. The van der Waals surface area contributed by atoms with Crippen LogP contribution in [0.25, 0.3) is 0 Å². The molecule has 1 aliphatic carbocycles. The van der Waals surface area contributed by atoms with Crippen molar-refractivity contribution in [3.8, 4) is 0 Å². The molecule has 1 saturated carbocycles. The molecule has 20 heavy (non-hydrogen) atoms. The molecule has 116 valence electrons. The van der Waals surface area contributed by atoms with Gasteiger partial charge in [-0.05, 0) is 30.6 Å². The predicted molar refractivity (Wildman–Crippen MR) is 76.6 cm³/mol. The molecule has 1 spiro atoms. The predicted octanol–water partition coefficient (Wildman–Crippen LogP) is 1.64. The Morgan fingerprint density at radius 3 is 2.60 bits per heavy atom. The fourth-order valence-electron chi connectivity index (χ4n) is 3.44. The number of methoxy groups -OCH3 is 1. The standard InChI is InChI=1S/C14H25NO4S/c1-11(13(16)19-3)9-20(17,18)15-8-5-12(2)14(10-15)6-4-7-14/h11-12H,4-10H2,1-3H3/t11-,12+/m0/s1. The Bertz CT molecular complexity index is 470. The summed E-state index contributed by atoms with van der Waals surface area (Å²) in [6.07, 6.45) is 4.39. The first kappa shape index (κ1) is 15.8. The van der Waals surface area contributed by atoms with Crippen LogP contribution < -0.4 is 0 Å². The van der Waals surface area contributed by atoms with Crippen molar-refractivity contribution in [3.05, 3.63) is 0 Å². The summed E-state index contributed by atoms with van der Waals surface area (Å²) in [4.78, 5) is 11.4. The number of nitrogens with zero attached hydrogens (tertiary/aromatic N) is 1. The van der Waals surface area contributed by atoms with Crippen LogP contribution >= 0.6 is 0 Å². The number of hydrogen-bond acceptors (Lipinski definition) is 4. The summed E-state index contributed by atoms with van der Waals surface area (Å²) in [7, 11) is -2.09. The molecule has 0 aromatic rings. The molecule has 0 N–H and O–H groups in total. The SMILES string of the molecule is COC(=O)[C@@H](C)CS(=O)(=O)N1CC[C@@H](C)C2(CCC2)C1. The van der Waals surface area contributed by atoms with Gasteiger partial charge in [0, 0.05) is 13.1 Å². The monoisotopic (exact) mass is 303 g/mol. The highest BCUT2D eigenvalue weighted by Crippen LogP contribution is 2.51. The van der Waals surface area contributed by atoms with E-state index in [1.165, 1.54) is 13.5 Å². The summed E-state index contributed by atoms with van der Waals surface area (Å²) in [6, 6.07) is 0. The highest BCUT2D eigenvalue weighted by molar-refractivity contribution is 7.89.